The van der Waals surface area contributed by atoms with Gasteiger partial charge in [-0.1, -0.05) is 12.1 Å². The molecule has 0 bridgehead atoms. The summed E-state index contributed by atoms with van der Waals surface area (Å²) in [4.78, 5) is 28.6. The van der Waals surface area contributed by atoms with E-state index in [-0.39, 0.29) is 17.5 Å². The summed E-state index contributed by atoms with van der Waals surface area (Å²) in [5, 5.41) is 7.65. The molecule has 1 saturated heterocycles. The maximum absolute atomic E-state index is 12.8. The van der Waals surface area contributed by atoms with E-state index >= 15 is 0 Å². The Morgan fingerprint density at radius 3 is 2.66 bits per heavy atom. The molecule has 0 unspecified atom stereocenters. The molecule has 0 spiro atoms. The van der Waals surface area contributed by atoms with E-state index in [1.54, 1.807) is 12.1 Å². The molecule has 0 atom stereocenters. The first-order chi connectivity index (χ1) is 14.0. The normalized spacial score (nSPS) is 15.2. The van der Waals surface area contributed by atoms with Crippen molar-refractivity contribution < 1.29 is 14.3 Å². The number of thiophene rings is 1. The van der Waals surface area contributed by atoms with Crippen molar-refractivity contribution in [3.63, 3.8) is 0 Å². The lowest BCUT2D eigenvalue weighted by Gasteiger charge is -2.26. The molecular weight excluding hydrogens is 386 g/mol. The van der Waals surface area contributed by atoms with Crippen LogP contribution >= 0.6 is 11.3 Å². The quantitative estimate of drug-likeness (QED) is 0.685. The molecule has 7 heteroatoms. The number of amides is 2. The minimum atomic E-state index is -0.292. The van der Waals surface area contributed by atoms with Gasteiger partial charge in [-0.15, -0.1) is 11.3 Å². The van der Waals surface area contributed by atoms with Gasteiger partial charge in [0.2, 0.25) is 0 Å². The molecule has 2 heterocycles. The predicted molar refractivity (Wildman–Crippen MR) is 116 cm³/mol. The van der Waals surface area contributed by atoms with Gasteiger partial charge < -0.3 is 15.4 Å². The van der Waals surface area contributed by atoms with E-state index in [1.165, 1.54) is 11.3 Å². The average Bonchev–Trinajstić information content (AvgIpc) is 3.23. The SMILES string of the molecule is Cc1ccc(C(=O)NC(=Cc2cccs2)C(=O)NCCN2CCOCC2)cc1C. The van der Waals surface area contributed by atoms with Crippen LogP contribution in [0.15, 0.2) is 41.4 Å². The number of ether oxygens (including phenoxy) is 1. The van der Waals surface area contributed by atoms with Crippen LogP contribution < -0.4 is 10.6 Å². The highest BCUT2D eigenvalue weighted by Crippen LogP contribution is 2.14. The van der Waals surface area contributed by atoms with Gasteiger partial charge in [0, 0.05) is 36.6 Å². The van der Waals surface area contributed by atoms with Crippen molar-refractivity contribution in [3.8, 4) is 0 Å². The molecule has 0 saturated carbocycles. The smallest absolute Gasteiger partial charge is 0.267 e. The van der Waals surface area contributed by atoms with Gasteiger partial charge in [-0.05, 0) is 54.6 Å². The number of carbonyl (C=O) groups excluding carboxylic acids is 2. The fourth-order valence-electron chi connectivity index (χ4n) is 3.00. The van der Waals surface area contributed by atoms with E-state index in [9.17, 15) is 9.59 Å². The zero-order valence-corrected chi connectivity index (χ0v) is 17.7. The molecule has 1 aliphatic rings. The molecule has 1 aromatic heterocycles. The fourth-order valence-corrected chi connectivity index (χ4v) is 3.66. The Hall–Kier alpha value is -2.48. The van der Waals surface area contributed by atoms with E-state index in [1.807, 2.05) is 43.5 Å². The highest BCUT2D eigenvalue weighted by Gasteiger charge is 2.16. The van der Waals surface area contributed by atoms with Crippen molar-refractivity contribution in [2.24, 2.45) is 0 Å². The van der Waals surface area contributed by atoms with Crippen LogP contribution in [0.3, 0.4) is 0 Å². The third kappa shape index (κ3) is 6.25. The largest absolute Gasteiger partial charge is 0.379 e. The third-order valence-electron chi connectivity index (χ3n) is 4.91. The molecule has 6 nitrogen and oxygen atoms in total. The van der Waals surface area contributed by atoms with Crippen molar-refractivity contribution in [1.29, 1.82) is 0 Å². The molecular formula is C22H27N3O3S. The van der Waals surface area contributed by atoms with Crippen molar-refractivity contribution in [3.05, 3.63) is 63.0 Å². The average molecular weight is 414 g/mol. The summed E-state index contributed by atoms with van der Waals surface area (Å²) >= 11 is 1.51. The van der Waals surface area contributed by atoms with Gasteiger partial charge in [-0.25, -0.2) is 0 Å². The van der Waals surface area contributed by atoms with Crippen LogP contribution in [0.4, 0.5) is 0 Å². The van der Waals surface area contributed by atoms with E-state index in [2.05, 4.69) is 15.5 Å². The van der Waals surface area contributed by atoms with E-state index in [4.69, 9.17) is 4.74 Å². The Kier molecular flexibility index (Phi) is 7.57. The highest BCUT2D eigenvalue weighted by atomic mass is 32.1. The maximum atomic E-state index is 12.8. The lowest BCUT2D eigenvalue weighted by Crippen LogP contribution is -2.42. The summed E-state index contributed by atoms with van der Waals surface area (Å²) in [5.41, 5.74) is 2.94. The number of morpholine rings is 1. The minimum absolute atomic E-state index is 0.248. The summed E-state index contributed by atoms with van der Waals surface area (Å²) in [6.45, 7) is 8.43. The van der Waals surface area contributed by atoms with Gasteiger partial charge in [-0.3, -0.25) is 14.5 Å². The highest BCUT2D eigenvalue weighted by molar-refractivity contribution is 7.10. The third-order valence-corrected chi connectivity index (χ3v) is 5.73. The number of hydrogen-bond acceptors (Lipinski definition) is 5. The van der Waals surface area contributed by atoms with Crippen LogP contribution in [-0.4, -0.2) is 56.1 Å². The van der Waals surface area contributed by atoms with Crippen molar-refractivity contribution >= 4 is 29.2 Å². The topological polar surface area (TPSA) is 70.7 Å². The predicted octanol–water partition coefficient (Wildman–Crippen LogP) is 2.58. The number of aryl methyl sites for hydroxylation is 2. The second-order valence-corrected chi connectivity index (χ2v) is 8.02. The fraction of sp³-hybridized carbons (Fsp3) is 0.364. The van der Waals surface area contributed by atoms with Gasteiger partial charge in [0.05, 0.1) is 13.2 Å². The Labute approximate surface area is 175 Å². The van der Waals surface area contributed by atoms with Crippen molar-refractivity contribution in [2.45, 2.75) is 13.8 Å². The molecule has 154 valence electrons. The Bertz CT molecular complexity index is 871. The first-order valence-electron chi connectivity index (χ1n) is 9.75. The number of nitrogens with zero attached hydrogens (tertiary/aromatic N) is 1. The molecule has 2 N–H and O–H groups in total. The van der Waals surface area contributed by atoms with Crippen LogP contribution in [0.25, 0.3) is 6.08 Å². The van der Waals surface area contributed by atoms with E-state index < -0.39 is 0 Å². The number of nitrogens with one attached hydrogen (secondary N) is 2. The van der Waals surface area contributed by atoms with E-state index in [0.29, 0.717) is 12.1 Å². The number of rotatable bonds is 7. The van der Waals surface area contributed by atoms with Crippen molar-refractivity contribution in [1.82, 2.24) is 15.5 Å². The first-order valence-corrected chi connectivity index (χ1v) is 10.6. The molecule has 0 aliphatic carbocycles. The van der Waals surface area contributed by atoms with Gasteiger partial charge in [-0.2, -0.15) is 0 Å². The molecule has 1 aromatic carbocycles. The second kappa shape index (κ2) is 10.3. The standard InChI is InChI=1S/C22H27N3O3S/c1-16-5-6-18(14-17(16)2)21(26)24-20(15-19-4-3-13-29-19)22(27)23-7-8-25-9-11-28-12-10-25/h3-6,13-15H,7-12H2,1-2H3,(H,23,27)(H,24,26). The van der Waals surface area contributed by atoms with E-state index in [0.717, 1.165) is 48.9 Å². The van der Waals surface area contributed by atoms with Gasteiger partial charge in [0.25, 0.3) is 11.8 Å². The van der Waals surface area contributed by atoms with Crippen LogP contribution in [0.2, 0.25) is 0 Å². The van der Waals surface area contributed by atoms with Crippen molar-refractivity contribution in [2.75, 3.05) is 39.4 Å². The summed E-state index contributed by atoms with van der Waals surface area (Å²) in [6.07, 6.45) is 1.72. The van der Waals surface area contributed by atoms with Crippen LogP contribution in [-0.2, 0) is 9.53 Å². The van der Waals surface area contributed by atoms with Crippen LogP contribution in [0.1, 0.15) is 26.4 Å². The zero-order valence-electron chi connectivity index (χ0n) is 16.9. The summed E-state index contributed by atoms with van der Waals surface area (Å²) in [7, 11) is 0. The van der Waals surface area contributed by atoms with Gasteiger partial charge >= 0.3 is 0 Å². The number of hydrogen-bond donors (Lipinski definition) is 2. The molecule has 2 amide bonds. The van der Waals surface area contributed by atoms with Crippen LogP contribution in [0, 0.1) is 13.8 Å². The Balaban J connectivity index is 1.66. The van der Waals surface area contributed by atoms with Gasteiger partial charge in [0.15, 0.2) is 0 Å². The lowest BCUT2D eigenvalue weighted by atomic mass is 10.1. The lowest BCUT2D eigenvalue weighted by molar-refractivity contribution is -0.117. The Morgan fingerprint density at radius 1 is 1.17 bits per heavy atom. The summed E-state index contributed by atoms with van der Waals surface area (Å²) < 4.78 is 5.34. The molecule has 2 aromatic rings. The monoisotopic (exact) mass is 413 g/mol. The van der Waals surface area contributed by atoms with Gasteiger partial charge in [0.1, 0.15) is 5.70 Å². The van der Waals surface area contributed by atoms with Crippen LogP contribution in [0.5, 0.6) is 0 Å². The molecule has 0 radical (unpaired) electrons. The number of carbonyl (C=O) groups is 2. The maximum Gasteiger partial charge on any atom is 0.267 e. The summed E-state index contributed by atoms with van der Waals surface area (Å²) in [5.74, 6) is -0.580. The zero-order chi connectivity index (χ0) is 20.6. The molecule has 29 heavy (non-hydrogen) atoms. The number of benzene rings is 1. The molecule has 3 rings (SSSR count). The molecule has 1 fully saturated rings. The molecule has 1 aliphatic heterocycles. The summed E-state index contributed by atoms with van der Waals surface area (Å²) in [6, 6.07) is 9.35. The first kappa shape index (κ1) is 21.2. The Morgan fingerprint density at radius 2 is 1.97 bits per heavy atom. The second-order valence-electron chi connectivity index (χ2n) is 7.04. The minimum Gasteiger partial charge on any atom is -0.379 e.